The third kappa shape index (κ3) is 2.27. The Hall–Kier alpha value is -1.26. The molecule has 2 saturated heterocycles. The second-order valence-corrected chi connectivity index (χ2v) is 6.19. The summed E-state index contributed by atoms with van der Waals surface area (Å²) in [5.41, 5.74) is 1.31. The van der Waals surface area contributed by atoms with Crippen LogP contribution in [0.25, 0.3) is 0 Å². The zero-order chi connectivity index (χ0) is 13.5. The van der Waals surface area contributed by atoms with Gasteiger partial charge in [-0.3, -0.25) is 4.90 Å². The first kappa shape index (κ1) is 12.5. The molecule has 4 rings (SSSR count). The lowest BCUT2D eigenvalue weighted by atomic mass is 9.93. The molecule has 0 unspecified atom stereocenters. The van der Waals surface area contributed by atoms with Crippen molar-refractivity contribution in [3.63, 3.8) is 0 Å². The van der Waals surface area contributed by atoms with Crippen LogP contribution in [0.4, 0.5) is 0 Å². The van der Waals surface area contributed by atoms with E-state index in [0.29, 0.717) is 24.9 Å². The Labute approximate surface area is 119 Å². The van der Waals surface area contributed by atoms with Crippen LogP contribution in [0.2, 0.25) is 0 Å². The third-order valence-electron chi connectivity index (χ3n) is 4.63. The predicted octanol–water partition coefficient (Wildman–Crippen LogP) is 2.41. The van der Waals surface area contributed by atoms with Gasteiger partial charge >= 0.3 is 0 Å². The minimum atomic E-state index is 0.349. The van der Waals surface area contributed by atoms with Crippen LogP contribution in [0.5, 0.6) is 11.5 Å². The monoisotopic (exact) mass is 275 g/mol. The van der Waals surface area contributed by atoms with Crippen molar-refractivity contribution >= 4 is 0 Å². The fourth-order valence-corrected chi connectivity index (χ4v) is 3.71. The molecule has 0 aromatic heterocycles. The highest BCUT2D eigenvalue weighted by Gasteiger charge is 2.37. The zero-order valence-electron chi connectivity index (χ0n) is 11.9. The number of fused-ring (bicyclic) bond motifs is 2. The van der Waals surface area contributed by atoms with Gasteiger partial charge in [-0.1, -0.05) is 6.07 Å². The van der Waals surface area contributed by atoms with E-state index in [0.717, 1.165) is 31.1 Å². The lowest BCUT2D eigenvalue weighted by Crippen LogP contribution is -2.40. The minimum Gasteiger partial charge on any atom is -0.454 e. The molecule has 2 fully saturated rings. The van der Waals surface area contributed by atoms with Crippen LogP contribution >= 0.6 is 0 Å². The van der Waals surface area contributed by atoms with E-state index in [1.165, 1.54) is 18.4 Å². The van der Waals surface area contributed by atoms with Gasteiger partial charge in [0.05, 0.1) is 12.2 Å². The second kappa shape index (κ2) is 4.93. The Morgan fingerprint density at radius 2 is 2.15 bits per heavy atom. The van der Waals surface area contributed by atoms with E-state index in [4.69, 9.17) is 14.2 Å². The molecule has 20 heavy (non-hydrogen) atoms. The molecule has 0 radical (unpaired) electrons. The van der Waals surface area contributed by atoms with Crippen molar-refractivity contribution in [2.45, 2.75) is 38.5 Å². The maximum atomic E-state index is 5.96. The number of nitrogens with zero attached hydrogens (tertiary/aromatic N) is 1. The van der Waals surface area contributed by atoms with E-state index in [1.807, 2.05) is 6.07 Å². The summed E-state index contributed by atoms with van der Waals surface area (Å²) in [4.78, 5) is 2.54. The first-order valence-corrected chi connectivity index (χ1v) is 7.54. The second-order valence-electron chi connectivity index (χ2n) is 6.19. The standard InChI is InChI=1S/C16H21NO3/c1-11-6-13-9-17(5-4-14(13)20-11)8-12-2-3-15-16(7-12)19-10-18-15/h2-3,7,11,13-14H,4-6,8-10H2,1H3/t11-,13-,14-/m1/s1. The van der Waals surface area contributed by atoms with Crippen molar-refractivity contribution in [2.24, 2.45) is 5.92 Å². The van der Waals surface area contributed by atoms with Gasteiger partial charge in [-0.05, 0) is 37.5 Å². The highest BCUT2D eigenvalue weighted by Crippen LogP contribution is 2.35. The molecule has 0 aliphatic carbocycles. The number of rotatable bonds is 2. The molecule has 1 aromatic carbocycles. The van der Waals surface area contributed by atoms with Crippen molar-refractivity contribution in [3.8, 4) is 11.5 Å². The predicted molar refractivity (Wildman–Crippen MR) is 74.9 cm³/mol. The Morgan fingerprint density at radius 3 is 3.10 bits per heavy atom. The van der Waals surface area contributed by atoms with E-state index in [9.17, 15) is 0 Å². The summed E-state index contributed by atoms with van der Waals surface area (Å²) in [6.45, 7) is 5.82. The van der Waals surface area contributed by atoms with Gasteiger partial charge in [-0.15, -0.1) is 0 Å². The van der Waals surface area contributed by atoms with E-state index in [1.54, 1.807) is 0 Å². The van der Waals surface area contributed by atoms with Crippen LogP contribution in [-0.4, -0.2) is 37.0 Å². The van der Waals surface area contributed by atoms with E-state index < -0.39 is 0 Å². The van der Waals surface area contributed by atoms with Gasteiger partial charge in [-0.2, -0.15) is 0 Å². The fourth-order valence-electron chi connectivity index (χ4n) is 3.71. The molecule has 3 aliphatic rings. The zero-order valence-corrected chi connectivity index (χ0v) is 11.9. The number of piperidine rings is 1. The maximum Gasteiger partial charge on any atom is 0.231 e. The first-order chi connectivity index (χ1) is 9.78. The molecule has 1 aromatic rings. The number of hydrogen-bond acceptors (Lipinski definition) is 4. The summed E-state index contributed by atoms with van der Waals surface area (Å²) < 4.78 is 16.8. The fraction of sp³-hybridized carbons (Fsp3) is 0.625. The van der Waals surface area contributed by atoms with E-state index in [2.05, 4.69) is 24.0 Å². The molecular weight excluding hydrogens is 254 g/mol. The summed E-state index contributed by atoms with van der Waals surface area (Å²) in [5, 5.41) is 0. The van der Waals surface area contributed by atoms with Gasteiger partial charge in [0.25, 0.3) is 0 Å². The molecule has 0 amide bonds. The van der Waals surface area contributed by atoms with Crippen molar-refractivity contribution in [2.75, 3.05) is 19.9 Å². The van der Waals surface area contributed by atoms with Gasteiger partial charge in [0.2, 0.25) is 6.79 Å². The van der Waals surface area contributed by atoms with Crippen molar-refractivity contribution in [1.29, 1.82) is 0 Å². The minimum absolute atomic E-state index is 0.349. The SMILES string of the molecule is C[C@@H]1C[C@@H]2CN(Cc3ccc4c(c3)OCO4)CC[C@H]2O1. The molecule has 3 aliphatic heterocycles. The topological polar surface area (TPSA) is 30.9 Å². The molecule has 0 spiro atoms. The van der Waals surface area contributed by atoms with E-state index >= 15 is 0 Å². The molecule has 4 heteroatoms. The highest BCUT2D eigenvalue weighted by molar-refractivity contribution is 5.44. The number of likely N-dealkylation sites (tertiary alicyclic amines) is 1. The molecule has 3 atom stereocenters. The summed E-state index contributed by atoms with van der Waals surface area (Å²) >= 11 is 0. The summed E-state index contributed by atoms with van der Waals surface area (Å²) in [6, 6.07) is 6.28. The largest absolute Gasteiger partial charge is 0.454 e. The Balaban J connectivity index is 1.42. The number of hydrogen-bond donors (Lipinski definition) is 0. The Bertz CT molecular complexity index is 504. The van der Waals surface area contributed by atoms with Crippen LogP contribution < -0.4 is 9.47 Å². The number of benzene rings is 1. The van der Waals surface area contributed by atoms with Crippen LogP contribution in [0.3, 0.4) is 0 Å². The average Bonchev–Trinajstić information content (AvgIpc) is 3.02. The third-order valence-corrected chi connectivity index (χ3v) is 4.63. The van der Waals surface area contributed by atoms with Gasteiger partial charge in [0, 0.05) is 25.6 Å². The van der Waals surface area contributed by atoms with Crippen molar-refractivity contribution < 1.29 is 14.2 Å². The molecule has 3 heterocycles. The van der Waals surface area contributed by atoms with Crippen molar-refractivity contribution in [1.82, 2.24) is 4.90 Å². The van der Waals surface area contributed by atoms with Gasteiger partial charge in [-0.25, -0.2) is 0 Å². The van der Waals surface area contributed by atoms with Crippen LogP contribution in [-0.2, 0) is 11.3 Å². The average molecular weight is 275 g/mol. The summed E-state index contributed by atoms with van der Waals surface area (Å²) in [6.07, 6.45) is 3.32. The molecule has 4 nitrogen and oxygen atoms in total. The molecule has 0 saturated carbocycles. The van der Waals surface area contributed by atoms with Crippen LogP contribution in [0.1, 0.15) is 25.3 Å². The highest BCUT2D eigenvalue weighted by atomic mass is 16.7. The summed E-state index contributed by atoms with van der Waals surface area (Å²) in [7, 11) is 0. The first-order valence-electron chi connectivity index (χ1n) is 7.54. The Morgan fingerprint density at radius 1 is 1.25 bits per heavy atom. The maximum absolute atomic E-state index is 5.96. The molecule has 0 N–H and O–H groups in total. The Kier molecular flexibility index (Phi) is 3.08. The van der Waals surface area contributed by atoms with Gasteiger partial charge in [0.15, 0.2) is 11.5 Å². The molecule has 108 valence electrons. The van der Waals surface area contributed by atoms with E-state index in [-0.39, 0.29) is 0 Å². The summed E-state index contributed by atoms with van der Waals surface area (Å²) in [5.74, 6) is 2.47. The number of ether oxygens (including phenoxy) is 3. The normalized spacial score (nSPS) is 32.4. The smallest absolute Gasteiger partial charge is 0.231 e. The van der Waals surface area contributed by atoms with Crippen LogP contribution in [0, 0.1) is 5.92 Å². The van der Waals surface area contributed by atoms with Gasteiger partial charge < -0.3 is 14.2 Å². The lowest BCUT2D eigenvalue weighted by Gasteiger charge is -2.34. The molecular formula is C16H21NO3. The van der Waals surface area contributed by atoms with Gasteiger partial charge in [0.1, 0.15) is 0 Å². The lowest BCUT2D eigenvalue weighted by molar-refractivity contribution is 0.00583. The quantitative estimate of drug-likeness (QED) is 0.829. The molecule has 0 bridgehead atoms. The van der Waals surface area contributed by atoms with Crippen molar-refractivity contribution in [3.05, 3.63) is 23.8 Å². The van der Waals surface area contributed by atoms with Crippen LogP contribution in [0.15, 0.2) is 18.2 Å².